The number of alkyl halides is 1. The summed E-state index contributed by atoms with van der Waals surface area (Å²) in [7, 11) is -2.02. The summed E-state index contributed by atoms with van der Waals surface area (Å²) in [6.45, 7) is 4.24. The van der Waals surface area contributed by atoms with Crippen LogP contribution in [0.3, 0.4) is 0 Å². The highest BCUT2D eigenvalue weighted by Crippen LogP contribution is 2.41. The van der Waals surface area contributed by atoms with Gasteiger partial charge in [-0.1, -0.05) is 0 Å². The molecule has 2 aliphatic carbocycles. The number of carbonyl (C=O) groups excluding carboxylic acids is 1. The van der Waals surface area contributed by atoms with E-state index in [-0.39, 0.29) is 29.1 Å². The number of ether oxygens (including phenoxy) is 1. The fraction of sp³-hybridized carbons (Fsp3) is 0.500. The molecule has 7 nitrogen and oxygen atoms in total. The van der Waals surface area contributed by atoms with Crippen LogP contribution in [0, 0.1) is 5.82 Å². The van der Waals surface area contributed by atoms with Crippen molar-refractivity contribution in [1.29, 1.82) is 0 Å². The molecule has 0 fully saturated rings. The fourth-order valence-electron chi connectivity index (χ4n) is 4.58. The van der Waals surface area contributed by atoms with Gasteiger partial charge in [0.2, 0.25) is 0 Å². The van der Waals surface area contributed by atoms with Crippen molar-refractivity contribution in [3.05, 3.63) is 34.3 Å². The molecule has 0 saturated carbocycles. The standard InChI is InChI=1S/C20H21F2N4O3S/c1-20(2)9-29-18-15(8-23-26(18)20)30(28)25-19(27)24-17-12-5-3-4-11(12)16(22)13-6-10(21)7-14(13)17/h8,10H,3-7,9H2,1-2H3,(H,24,27)/q-1/t10-/m1/s1. The summed E-state index contributed by atoms with van der Waals surface area (Å²) in [6.07, 6.45) is 2.21. The fourth-order valence-corrected chi connectivity index (χ4v) is 5.31. The largest absolute Gasteiger partial charge is 0.476 e. The summed E-state index contributed by atoms with van der Waals surface area (Å²) in [4.78, 5) is 12.8. The Labute approximate surface area is 174 Å². The Bertz CT molecular complexity index is 1170. The molecule has 1 N–H and O–H groups in total. The van der Waals surface area contributed by atoms with Gasteiger partial charge in [-0.2, -0.15) is 5.10 Å². The Hall–Kier alpha value is -2.49. The average Bonchev–Trinajstić information content (AvgIpc) is 3.43. The van der Waals surface area contributed by atoms with Crippen molar-refractivity contribution in [1.82, 2.24) is 9.78 Å². The van der Waals surface area contributed by atoms with Crippen LogP contribution < -0.4 is 10.1 Å². The van der Waals surface area contributed by atoms with Crippen molar-refractivity contribution >= 4 is 22.3 Å². The molecule has 0 saturated heterocycles. The Balaban J connectivity index is 1.47. The molecule has 2 aromatic rings. The Morgan fingerprint density at radius 1 is 1.30 bits per heavy atom. The number of carbonyl (C=O) groups is 1. The van der Waals surface area contributed by atoms with E-state index in [1.54, 1.807) is 4.68 Å². The first-order chi connectivity index (χ1) is 14.3. The van der Waals surface area contributed by atoms with Gasteiger partial charge in [0.05, 0.1) is 5.54 Å². The molecular formula is C20H21F2N4O3S-. The molecule has 2 amide bonds. The third kappa shape index (κ3) is 2.91. The van der Waals surface area contributed by atoms with Crippen LogP contribution in [0.1, 0.15) is 42.5 Å². The Morgan fingerprint density at radius 2 is 2.03 bits per heavy atom. The Morgan fingerprint density at radius 3 is 2.83 bits per heavy atom. The van der Waals surface area contributed by atoms with Gasteiger partial charge in [0.1, 0.15) is 18.6 Å². The highest BCUT2D eigenvalue weighted by molar-refractivity contribution is 7.75. The molecular weight excluding hydrogens is 414 g/mol. The van der Waals surface area contributed by atoms with Crippen molar-refractivity contribution in [2.75, 3.05) is 11.9 Å². The maximum Gasteiger partial charge on any atom is 0.322 e. The third-order valence-electron chi connectivity index (χ3n) is 5.98. The number of anilines is 1. The summed E-state index contributed by atoms with van der Waals surface area (Å²) >= 11 is 0. The number of aromatic nitrogens is 2. The molecule has 1 aromatic carbocycles. The predicted molar refractivity (Wildman–Crippen MR) is 106 cm³/mol. The molecule has 5 rings (SSSR count). The quantitative estimate of drug-likeness (QED) is 0.727. The number of nitrogens with zero attached hydrogens (tertiary/aromatic N) is 3. The second kappa shape index (κ2) is 6.76. The first-order valence-electron chi connectivity index (χ1n) is 9.91. The number of halogens is 2. The second-order valence-corrected chi connectivity index (χ2v) is 9.68. The van der Waals surface area contributed by atoms with Gasteiger partial charge in [0.25, 0.3) is 0 Å². The van der Waals surface area contributed by atoms with Crippen LogP contribution in [0.5, 0.6) is 5.88 Å². The molecule has 3 aliphatic rings. The summed E-state index contributed by atoms with van der Waals surface area (Å²) in [6, 6.07) is -0.823. The van der Waals surface area contributed by atoms with Gasteiger partial charge >= 0.3 is 6.03 Å². The smallest absolute Gasteiger partial charge is 0.322 e. The number of rotatable bonds is 2. The SMILES string of the molecule is CC1(C)COc2c([S-](=O)=NC(=O)Nc3c4c(c(F)c5c3C[C@H](F)C5)CCC4)cnn21. The van der Waals surface area contributed by atoms with Crippen LogP contribution in [0.4, 0.5) is 19.3 Å². The molecule has 0 unspecified atom stereocenters. The zero-order valence-electron chi connectivity index (χ0n) is 16.6. The van der Waals surface area contributed by atoms with E-state index in [1.807, 2.05) is 13.8 Å². The molecule has 30 heavy (non-hydrogen) atoms. The van der Waals surface area contributed by atoms with Crippen LogP contribution in [0.25, 0.3) is 0 Å². The number of hydrogen-bond donors (Lipinski definition) is 1. The summed E-state index contributed by atoms with van der Waals surface area (Å²) in [5.74, 6) is -0.00917. The van der Waals surface area contributed by atoms with E-state index in [0.29, 0.717) is 53.3 Å². The predicted octanol–water partition coefficient (Wildman–Crippen LogP) is 3.81. The van der Waals surface area contributed by atoms with Crippen LogP contribution >= 0.6 is 0 Å². The van der Waals surface area contributed by atoms with E-state index in [1.165, 1.54) is 6.20 Å². The topological polar surface area (TPSA) is 85.6 Å². The van der Waals surface area contributed by atoms with Crippen LogP contribution in [0.2, 0.25) is 0 Å². The molecule has 1 aromatic heterocycles. The molecule has 1 atom stereocenters. The minimum absolute atomic E-state index is 0.00998. The van der Waals surface area contributed by atoms with Crippen molar-refractivity contribution in [3.63, 3.8) is 0 Å². The van der Waals surface area contributed by atoms with E-state index in [0.717, 1.165) is 6.42 Å². The number of urea groups is 1. The highest BCUT2D eigenvalue weighted by atomic mass is 32.2. The molecule has 2 heterocycles. The number of fused-ring (bicyclic) bond motifs is 3. The first-order valence-corrected chi connectivity index (χ1v) is 11.0. The van der Waals surface area contributed by atoms with Crippen molar-refractivity contribution in [3.8, 4) is 5.88 Å². The highest BCUT2D eigenvalue weighted by Gasteiger charge is 2.34. The summed E-state index contributed by atoms with van der Waals surface area (Å²) < 4.78 is 52.4. The minimum Gasteiger partial charge on any atom is -0.476 e. The number of hydrogen-bond acceptors (Lipinski definition) is 5. The molecule has 160 valence electrons. The van der Waals surface area contributed by atoms with E-state index < -0.39 is 22.8 Å². The van der Waals surface area contributed by atoms with Gasteiger partial charge in [0, 0.05) is 24.7 Å². The van der Waals surface area contributed by atoms with Crippen LogP contribution in [-0.2, 0) is 46.0 Å². The normalized spacial score (nSPS) is 21.8. The van der Waals surface area contributed by atoms with E-state index in [2.05, 4.69) is 14.8 Å². The Kier molecular flexibility index (Phi) is 4.39. The molecule has 0 bridgehead atoms. The zero-order chi connectivity index (χ0) is 21.2. The van der Waals surface area contributed by atoms with E-state index in [4.69, 9.17) is 4.74 Å². The van der Waals surface area contributed by atoms with Gasteiger partial charge < -0.3 is 18.6 Å². The molecule has 0 spiro atoms. The summed E-state index contributed by atoms with van der Waals surface area (Å²) in [5, 5.41) is 6.87. The third-order valence-corrected chi connectivity index (χ3v) is 6.97. The number of benzene rings is 1. The molecule has 1 aliphatic heterocycles. The van der Waals surface area contributed by atoms with Gasteiger partial charge in [-0.3, -0.25) is 0 Å². The lowest BCUT2D eigenvalue weighted by atomic mass is 9.98. The van der Waals surface area contributed by atoms with E-state index >= 15 is 0 Å². The first kappa shape index (κ1) is 19.5. The van der Waals surface area contributed by atoms with Crippen molar-refractivity contribution < 1.29 is 22.5 Å². The molecule has 0 radical (unpaired) electrons. The van der Waals surface area contributed by atoms with Gasteiger partial charge in [-0.15, -0.1) is 10.6 Å². The van der Waals surface area contributed by atoms with Gasteiger partial charge in [-0.05, 0) is 60.3 Å². The monoisotopic (exact) mass is 435 g/mol. The van der Waals surface area contributed by atoms with Gasteiger partial charge in [-0.25, -0.2) is 18.3 Å². The number of nitrogens with one attached hydrogen (secondary N) is 1. The maximum absolute atomic E-state index is 14.8. The number of amides is 2. The lowest BCUT2D eigenvalue weighted by Gasteiger charge is -2.16. The van der Waals surface area contributed by atoms with Crippen LogP contribution in [0.15, 0.2) is 15.5 Å². The van der Waals surface area contributed by atoms with Crippen molar-refractivity contribution in [2.24, 2.45) is 4.36 Å². The minimum atomic E-state index is -2.02. The average molecular weight is 435 g/mol. The second-order valence-electron chi connectivity index (χ2n) is 8.56. The zero-order valence-corrected chi connectivity index (χ0v) is 17.4. The summed E-state index contributed by atoms with van der Waals surface area (Å²) in [5.41, 5.74) is 2.13. The van der Waals surface area contributed by atoms with Crippen molar-refractivity contribution in [2.45, 2.75) is 62.6 Å². The lowest BCUT2D eigenvalue weighted by molar-refractivity contribution is 0.259. The van der Waals surface area contributed by atoms with Gasteiger partial charge in [0.15, 0.2) is 5.88 Å². The van der Waals surface area contributed by atoms with E-state index in [9.17, 15) is 17.8 Å². The molecule has 10 heteroatoms. The van der Waals surface area contributed by atoms with Crippen LogP contribution in [-0.4, -0.2) is 28.6 Å². The lowest BCUT2D eigenvalue weighted by Crippen LogP contribution is -2.26. The maximum atomic E-state index is 14.8.